The third-order valence-corrected chi connectivity index (χ3v) is 6.91. The zero-order valence-corrected chi connectivity index (χ0v) is 15.2. The quantitative estimate of drug-likeness (QED) is 0.804. The van der Waals surface area contributed by atoms with Crippen molar-refractivity contribution in [3.05, 3.63) is 47.5 Å². The normalized spacial score (nSPS) is 17.7. The number of para-hydroxylation sites is 1. The van der Waals surface area contributed by atoms with Gasteiger partial charge in [0.05, 0.1) is 18.2 Å². The summed E-state index contributed by atoms with van der Waals surface area (Å²) in [6.45, 7) is 0. The Morgan fingerprint density at radius 3 is 2.58 bits per heavy atom. The van der Waals surface area contributed by atoms with E-state index in [1.807, 2.05) is 0 Å². The van der Waals surface area contributed by atoms with Gasteiger partial charge in [0.25, 0.3) is 10.0 Å². The van der Waals surface area contributed by atoms with Gasteiger partial charge < -0.3 is 10.5 Å². The second-order valence-electron chi connectivity index (χ2n) is 6.88. The number of anilines is 2. The minimum absolute atomic E-state index is 0.0519. The Bertz CT molecular complexity index is 1010. The van der Waals surface area contributed by atoms with Crippen molar-refractivity contribution in [2.24, 2.45) is 0 Å². The van der Waals surface area contributed by atoms with Crippen molar-refractivity contribution < 1.29 is 17.9 Å². The zero-order chi connectivity index (χ0) is 18.5. The average Bonchev–Trinajstić information content (AvgIpc) is 2.87. The Morgan fingerprint density at radius 1 is 1.19 bits per heavy atom. The van der Waals surface area contributed by atoms with Gasteiger partial charge in [-0.05, 0) is 48.2 Å². The number of ether oxygens (including phenoxy) is 1. The van der Waals surface area contributed by atoms with Crippen molar-refractivity contribution in [1.82, 2.24) is 0 Å². The van der Waals surface area contributed by atoms with Crippen LogP contribution in [0.2, 0.25) is 0 Å². The van der Waals surface area contributed by atoms with Gasteiger partial charge in [0.2, 0.25) is 0 Å². The monoisotopic (exact) mass is 372 g/mol. The minimum Gasteiger partial charge on any atom is -0.495 e. The molecule has 0 unspecified atom stereocenters. The summed E-state index contributed by atoms with van der Waals surface area (Å²) in [6.07, 6.45) is 2.95. The van der Waals surface area contributed by atoms with Gasteiger partial charge in [-0.3, -0.25) is 9.52 Å². The second kappa shape index (κ2) is 5.74. The molecular formula is C19H20N2O4S. The summed E-state index contributed by atoms with van der Waals surface area (Å²) in [5.41, 5.74) is 8.22. The lowest BCUT2D eigenvalue weighted by Crippen LogP contribution is -2.39. The van der Waals surface area contributed by atoms with Gasteiger partial charge in [-0.15, -0.1) is 0 Å². The lowest BCUT2D eigenvalue weighted by atomic mass is 9.64. The number of ketones is 1. The number of rotatable bonds is 4. The maximum Gasteiger partial charge on any atom is 0.265 e. The van der Waals surface area contributed by atoms with Crippen LogP contribution >= 0.6 is 0 Å². The molecule has 7 heteroatoms. The van der Waals surface area contributed by atoms with E-state index in [0.717, 1.165) is 30.4 Å². The molecule has 1 saturated carbocycles. The van der Waals surface area contributed by atoms with Crippen LogP contribution in [0.15, 0.2) is 41.3 Å². The highest BCUT2D eigenvalue weighted by atomic mass is 32.2. The van der Waals surface area contributed by atoms with E-state index in [9.17, 15) is 13.2 Å². The number of nitrogen functional groups attached to an aromatic ring is 1. The fourth-order valence-electron chi connectivity index (χ4n) is 3.99. The molecule has 0 atom stereocenters. The molecule has 4 rings (SSSR count). The van der Waals surface area contributed by atoms with E-state index in [0.29, 0.717) is 17.8 Å². The number of hydrogen-bond acceptors (Lipinski definition) is 5. The Morgan fingerprint density at radius 2 is 1.92 bits per heavy atom. The van der Waals surface area contributed by atoms with Crippen molar-refractivity contribution in [3.8, 4) is 5.75 Å². The molecule has 2 aromatic carbocycles. The first kappa shape index (κ1) is 16.9. The molecule has 6 nitrogen and oxygen atoms in total. The van der Waals surface area contributed by atoms with Crippen LogP contribution < -0.4 is 15.2 Å². The molecular weight excluding hydrogens is 352 g/mol. The number of fused-ring (bicyclic) bond motifs is 2. The van der Waals surface area contributed by atoms with Crippen molar-refractivity contribution in [3.63, 3.8) is 0 Å². The number of sulfonamides is 1. The van der Waals surface area contributed by atoms with Crippen molar-refractivity contribution in [2.45, 2.75) is 36.0 Å². The van der Waals surface area contributed by atoms with Crippen LogP contribution in [0.25, 0.3) is 0 Å². The number of benzene rings is 2. The standard InChI is InChI=1S/C19H20N2O4S/c1-25-16-5-2-3-6-17(16)26(23,24)21-12-9-14-13(15(20)10-12)11-18(22)19(14)7-4-8-19/h2-3,5-6,9-10,21H,4,7-8,11,20H2,1H3. The molecule has 2 aliphatic carbocycles. The fraction of sp³-hybridized carbons (Fsp3) is 0.316. The van der Waals surface area contributed by atoms with E-state index < -0.39 is 15.4 Å². The van der Waals surface area contributed by atoms with Gasteiger partial charge in [0.15, 0.2) is 0 Å². The smallest absolute Gasteiger partial charge is 0.265 e. The van der Waals surface area contributed by atoms with E-state index >= 15 is 0 Å². The number of carbonyl (C=O) groups is 1. The molecule has 0 amide bonds. The van der Waals surface area contributed by atoms with Crippen LogP contribution in [-0.2, 0) is 26.7 Å². The van der Waals surface area contributed by atoms with E-state index in [4.69, 9.17) is 10.5 Å². The highest BCUT2D eigenvalue weighted by Crippen LogP contribution is 2.52. The van der Waals surface area contributed by atoms with Crippen LogP contribution in [0.5, 0.6) is 5.75 Å². The van der Waals surface area contributed by atoms with Crippen LogP contribution in [0, 0.1) is 0 Å². The Hall–Kier alpha value is -2.54. The highest BCUT2D eigenvalue weighted by Gasteiger charge is 2.51. The molecule has 2 aromatic rings. The molecule has 0 aromatic heterocycles. The molecule has 0 aliphatic heterocycles. The number of methoxy groups -OCH3 is 1. The predicted molar refractivity (Wildman–Crippen MR) is 98.9 cm³/mol. The third-order valence-electron chi connectivity index (χ3n) is 5.49. The summed E-state index contributed by atoms with van der Waals surface area (Å²) in [7, 11) is -2.42. The van der Waals surface area contributed by atoms with Gasteiger partial charge in [-0.25, -0.2) is 8.42 Å². The van der Waals surface area contributed by atoms with Gasteiger partial charge in [0, 0.05) is 12.1 Å². The summed E-state index contributed by atoms with van der Waals surface area (Å²) in [5, 5.41) is 0. The third kappa shape index (κ3) is 2.38. The van der Waals surface area contributed by atoms with Gasteiger partial charge in [-0.2, -0.15) is 0 Å². The van der Waals surface area contributed by atoms with Crippen LogP contribution in [0.1, 0.15) is 30.4 Å². The largest absolute Gasteiger partial charge is 0.495 e. The molecule has 1 fully saturated rings. The van der Waals surface area contributed by atoms with Crippen LogP contribution in [0.3, 0.4) is 0 Å². The first-order valence-corrected chi connectivity index (χ1v) is 9.98. The summed E-state index contributed by atoms with van der Waals surface area (Å²) in [5.74, 6) is 0.454. The molecule has 0 heterocycles. The molecule has 26 heavy (non-hydrogen) atoms. The zero-order valence-electron chi connectivity index (χ0n) is 14.4. The summed E-state index contributed by atoms with van der Waals surface area (Å²) in [4.78, 5) is 12.5. The van der Waals surface area contributed by atoms with E-state index in [-0.39, 0.29) is 16.4 Å². The Labute approximate surface area is 152 Å². The first-order chi connectivity index (χ1) is 12.4. The number of carbonyl (C=O) groups excluding carboxylic acids is 1. The molecule has 3 N–H and O–H groups in total. The summed E-state index contributed by atoms with van der Waals surface area (Å²) < 4.78 is 33.3. The van der Waals surface area contributed by atoms with E-state index in [2.05, 4.69) is 4.72 Å². The highest BCUT2D eigenvalue weighted by molar-refractivity contribution is 7.92. The number of nitrogens with two attached hydrogens (primary N) is 1. The van der Waals surface area contributed by atoms with Gasteiger partial charge in [-0.1, -0.05) is 18.6 Å². The van der Waals surface area contributed by atoms with Crippen LogP contribution in [0.4, 0.5) is 11.4 Å². The molecule has 0 saturated heterocycles. The van der Waals surface area contributed by atoms with Crippen LogP contribution in [-0.4, -0.2) is 21.3 Å². The lowest BCUT2D eigenvalue weighted by molar-refractivity contribution is -0.125. The van der Waals surface area contributed by atoms with Crippen molar-refractivity contribution in [1.29, 1.82) is 0 Å². The van der Waals surface area contributed by atoms with Gasteiger partial charge >= 0.3 is 0 Å². The predicted octanol–water partition coefficient (Wildman–Crippen LogP) is 2.63. The molecule has 0 bridgehead atoms. The van der Waals surface area contributed by atoms with E-state index in [1.54, 1.807) is 30.3 Å². The second-order valence-corrected chi connectivity index (χ2v) is 8.53. The fourth-order valence-corrected chi connectivity index (χ4v) is 5.20. The molecule has 0 radical (unpaired) electrons. The maximum atomic E-state index is 12.8. The molecule has 2 aliphatic rings. The van der Waals surface area contributed by atoms with E-state index in [1.165, 1.54) is 13.2 Å². The number of nitrogens with one attached hydrogen (secondary N) is 1. The average molecular weight is 372 g/mol. The van der Waals surface area contributed by atoms with Crippen molar-refractivity contribution in [2.75, 3.05) is 17.6 Å². The summed E-state index contributed by atoms with van der Waals surface area (Å²) in [6, 6.07) is 9.76. The first-order valence-electron chi connectivity index (χ1n) is 8.49. The summed E-state index contributed by atoms with van der Waals surface area (Å²) >= 11 is 0. The Kier molecular flexibility index (Phi) is 3.73. The topological polar surface area (TPSA) is 98.5 Å². The minimum atomic E-state index is -3.85. The SMILES string of the molecule is COc1ccccc1S(=O)(=O)Nc1cc(N)c2c(c1)C1(CCC1)C(=O)C2. The molecule has 136 valence electrons. The Balaban J connectivity index is 1.74. The number of hydrogen-bond donors (Lipinski definition) is 2. The maximum absolute atomic E-state index is 12.8. The van der Waals surface area contributed by atoms with Gasteiger partial charge in [0.1, 0.15) is 16.4 Å². The van der Waals surface area contributed by atoms with Crippen molar-refractivity contribution >= 4 is 27.2 Å². The lowest BCUT2D eigenvalue weighted by Gasteiger charge is -2.37. The number of Topliss-reactive ketones (excluding diaryl/α,β-unsaturated/α-hetero) is 1. The molecule has 1 spiro atoms.